The first kappa shape index (κ1) is 30.4. The maximum absolute atomic E-state index is 13.4. The molecule has 2 heterocycles. The summed E-state index contributed by atoms with van der Waals surface area (Å²) in [5, 5.41) is 6.61. The van der Waals surface area contributed by atoms with Crippen LogP contribution in [-0.4, -0.2) is 46.4 Å². The molecule has 2 N–H and O–H groups in total. The Morgan fingerprint density at radius 2 is 0.783 bits per heavy atom. The molecule has 2 fully saturated rings. The molecule has 0 aromatic heterocycles. The van der Waals surface area contributed by atoms with Crippen LogP contribution >= 0.6 is 24.4 Å². The molecule has 2 aliphatic rings. The minimum atomic E-state index is -0.725. The summed E-state index contributed by atoms with van der Waals surface area (Å²) < 4.78 is 0. The predicted octanol–water partition coefficient (Wildman–Crippen LogP) is 4.87. The number of benzene rings is 4. The van der Waals surface area contributed by atoms with Crippen LogP contribution in [0.4, 0.5) is 11.4 Å². The summed E-state index contributed by atoms with van der Waals surface area (Å²) in [7, 11) is 0. The average molecular weight is 643 g/mol. The van der Waals surface area contributed by atoms with Crippen molar-refractivity contribution in [1.82, 2.24) is 10.6 Å². The lowest BCUT2D eigenvalue weighted by Crippen LogP contribution is -2.30. The number of para-hydroxylation sites is 2. The van der Waals surface area contributed by atoms with E-state index in [2.05, 4.69) is 10.6 Å². The van der Waals surface area contributed by atoms with E-state index in [4.69, 9.17) is 24.4 Å². The van der Waals surface area contributed by atoms with E-state index < -0.39 is 23.4 Å². The Hall–Kier alpha value is -5.58. The molecule has 4 aromatic carbocycles. The molecule has 10 heteroatoms. The Morgan fingerprint density at radius 1 is 0.478 bits per heavy atom. The smallest absolute Gasteiger partial charge is 0.304 e. The summed E-state index contributed by atoms with van der Waals surface area (Å²) in [5.41, 5.74) is 3.39. The van der Waals surface area contributed by atoms with Gasteiger partial charge in [-0.25, -0.2) is 0 Å². The van der Waals surface area contributed by atoms with Gasteiger partial charge in [-0.1, -0.05) is 121 Å². The molecule has 46 heavy (non-hydrogen) atoms. The van der Waals surface area contributed by atoms with E-state index in [1.165, 1.54) is 9.80 Å². The number of anilines is 2. The second-order valence-corrected chi connectivity index (χ2v) is 11.1. The highest BCUT2D eigenvalue weighted by atomic mass is 32.1. The molecule has 0 radical (unpaired) electrons. The lowest BCUT2D eigenvalue weighted by molar-refractivity contribution is -0.132. The van der Waals surface area contributed by atoms with Crippen LogP contribution in [0.2, 0.25) is 0 Å². The maximum Gasteiger partial charge on any atom is 0.304 e. The molecule has 0 aliphatic carbocycles. The van der Waals surface area contributed by atoms with Crippen molar-refractivity contribution in [3.8, 4) is 0 Å². The Labute approximate surface area is 276 Å². The van der Waals surface area contributed by atoms with Crippen molar-refractivity contribution >= 4 is 80.6 Å². The number of rotatable bonds is 9. The van der Waals surface area contributed by atoms with Crippen molar-refractivity contribution in [3.05, 3.63) is 144 Å². The molecule has 2 saturated heterocycles. The molecule has 226 valence electrons. The summed E-state index contributed by atoms with van der Waals surface area (Å²) >= 11 is 11.4. The fourth-order valence-corrected chi connectivity index (χ4v) is 6.10. The number of thiocarbonyl (C=S) groups is 2. The van der Waals surface area contributed by atoms with Crippen LogP contribution in [-0.2, 0) is 19.2 Å². The molecule has 0 atom stereocenters. The summed E-state index contributed by atoms with van der Waals surface area (Å²) in [6.07, 6.45) is 0. The molecule has 0 unspecified atom stereocenters. The highest BCUT2D eigenvalue weighted by molar-refractivity contribution is 7.81. The topological polar surface area (TPSA) is 98.8 Å². The first-order chi connectivity index (χ1) is 22.4. The number of amides is 2. The van der Waals surface area contributed by atoms with Crippen molar-refractivity contribution in [3.63, 3.8) is 0 Å². The zero-order valence-corrected chi connectivity index (χ0v) is 25.9. The van der Waals surface area contributed by atoms with Crippen LogP contribution in [0.1, 0.15) is 11.1 Å². The largest absolute Gasteiger partial charge is 0.382 e. The molecule has 8 nitrogen and oxygen atoms in total. The van der Waals surface area contributed by atoms with E-state index >= 15 is 0 Å². The van der Waals surface area contributed by atoms with Crippen molar-refractivity contribution in [2.45, 2.75) is 0 Å². The van der Waals surface area contributed by atoms with Gasteiger partial charge in [0.25, 0.3) is 11.6 Å². The van der Waals surface area contributed by atoms with Crippen LogP contribution in [0.25, 0.3) is 11.4 Å². The van der Waals surface area contributed by atoms with E-state index in [0.29, 0.717) is 33.9 Å². The summed E-state index contributed by atoms with van der Waals surface area (Å²) in [6.45, 7) is 0.508. The summed E-state index contributed by atoms with van der Waals surface area (Å²) in [6, 6.07) is 35.9. The van der Waals surface area contributed by atoms with Gasteiger partial charge in [0.1, 0.15) is 9.98 Å². The number of ketones is 2. The van der Waals surface area contributed by atoms with Crippen LogP contribution in [0.5, 0.6) is 0 Å². The molecule has 2 aliphatic heterocycles. The van der Waals surface area contributed by atoms with Crippen molar-refractivity contribution < 1.29 is 19.2 Å². The standard InChI is InChI=1S/C36H26N4O4S2/c41-31-27(35(45)39(33(31)43)25-17-9-3-10-18-25)29(23-13-5-1-6-14-23)37-21-22-38-30(24-15-7-2-8-16-24)28-32(42)34(44)40(36(28)46)26-19-11-4-12-20-26/h1-20,37-38H,21-22H2. The van der Waals surface area contributed by atoms with Gasteiger partial charge in [0.2, 0.25) is 0 Å². The van der Waals surface area contributed by atoms with Crippen LogP contribution in [0.15, 0.2) is 132 Å². The number of Topliss-reactive ketones (excluding diaryl/α,β-unsaturated/α-hetero) is 2. The van der Waals surface area contributed by atoms with E-state index in [1.807, 2.05) is 72.8 Å². The minimum absolute atomic E-state index is 0.105. The van der Waals surface area contributed by atoms with Crippen LogP contribution in [0, 0.1) is 0 Å². The second-order valence-electron chi connectivity index (χ2n) is 10.3. The van der Waals surface area contributed by atoms with Gasteiger partial charge in [-0.3, -0.25) is 29.0 Å². The third kappa shape index (κ3) is 5.67. The number of nitrogens with one attached hydrogen (secondary N) is 2. The van der Waals surface area contributed by atoms with E-state index in [-0.39, 0.29) is 34.2 Å². The zero-order valence-electron chi connectivity index (χ0n) is 24.3. The third-order valence-corrected chi connectivity index (χ3v) is 8.24. The minimum Gasteiger partial charge on any atom is -0.382 e. The van der Waals surface area contributed by atoms with E-state index in [1.54, 1.807) is 48.5 Å². The maximum atomic E-state index is 13.4. The molecule has 4 aromatic rings. The Balaban J connectivity index is 1.31. The van der Waals surface area contributed by atoms with Crippen LogP contribution in [0.3, 0.4) is 0 Å². The number of hydrogen-bond acceptors (Lipinski definition) is 8. The SMILES string of the molecule is O=C1C(=O)N(c2ccccc2)C(=S)C1=C(NCCNC(=C1C(=O)C(=O)N(c2ccccc2)C1=S)c1ccccc1)c1ccccc1. The Bertz CT molecular complexity index is 1800. The van der Waals surface area contributed by atoms with Gasteiger partial charge in [-0.15, -0.1) is 0 Å². The third-order valence-electron chi connectivity index (χ3n) is 7.46. The number of carbonyl (C=O) groups is 4. The summed E-state index contributed by atoms with van der Waals surface area (Å²) in [4.78, 5) is 55.7. The molecule has 2 amide bonds. The van der Waals surface area contributed by atoms with Gasteiger partial charge >= 0.3 is 11.8 Å². The molecule has 0 spiro atoms. The summed E-state index contributed by atoms with van der Waals surface area (Å²) in [5.74, 6) is -2.86. The van der Waals surface area contributed by atoms with Gasteiger partial charge in [-0.2, -0.15) is 0 Å². The molecule has 0 bridgehead atoms. The quantitative estimate of drug-likeness (QED) is 0.116. The van der Waals surface area contributed by atoms with Crippen LogP contribution < -0.4 is 20.4 Å². The van der Waals surface area contributed by atoms with Gasteiger partial charge < -0.3 is 10.6 Å². The number of nitrogens with zero attached hydrogens (tertiary/aromatic N) is 2. The lowest BCUT2D eigenvalue weighted by atomic mass is 10.0. The van der Waals surface area contributed by atoms with Gasteiger partial charge in [-0.05, 0) is 35.4 Å². The predicted molar refractivity (Wildman–Crippen MR) is 186 cm³/mol. The highest BCUT2D eigenvalue weighted by Gasteiger charge is 2.43. The van der Waals surface area contributed by atoms with Crippen molar-refractivity contribution in [2.75, 3.05) is 22.9 Å². The monoisotopic (exact) mass is 642 g/mol. The normalized spacial score (nSPS) is 17.1. The number of carbonyl (C=O) groups excluding carboxylic acids is 4. The molecular weight excluding hydrogens is 617 g/mol. The van der Waals surface area contributed by atoms with Crippen molar-refractivity contribution in [2.24, 2.45) is 0 Å². The van der Waals surface area contributed by atoms with Gasteiger partial charge in [0.05, 0.1) is 33.9 Å². The first-order valence-corrected chi connectivity index (χ1v) is 15.2. The fourth-order valence-electron chi connectivity index (χ4n) is 5.34. The average Bonchev–Trinajstić information content (AvgIpc) is 3.45. The number of hydrogen-bond donors (Lipinski definition) is 2. The van der Waals surface area contributed by atoms with E-state index in [9.17, 15) is 19.2 Å². The Morgan fingerprint density at radius 3 is 1.11 bits per heavy atom. The van der Waals surface area contributed by atoms with Gasteiger partial charge in [0, 0.05) is 13.1 Å². The lowest BCUT2D eigenvalue weighted by Gasteiger charge is -2.19. The highest BCUT2D eigenvalue weighted by Crippen LogP contribution is 2.31. The van der Waals surface area contributed by atoms with Gasteiger partial charge in [0.15, 0.2) is 0 Å². The fraction of sp³-hybridized carbons (Fsp3) is 0.0556. The Kier molecular flexibility index (Phi) is 8.73. The van der Waals surface area contributed by atoms with E-state index in [0.717, 1.165) is 0 Å². The first-order valence-electron chi connectivity index (χ1n) is 14.4. The zero-order chi connectivity index (χ0) is 32.2. The second kappa shape index (κ2) is 13.2. The molecular formula is C36H26N4O4S2. The molecule has 0 saturated carbocycles. The van der Waals surface area contributed by atoms with Crippen molar-refractivity contribution in [1.29, 1.82) is 0 Å². The molecule has 6 rings (SSSR count).